The topological polar surface area (TPSA) is 41.7 Å². The van der Waals surface area contributed by atoms with Gasteiger partial charge in [0.25, 0.3) is 6.01 Å². The fourth-order valence-corrected chi connectivity index (χ4v) is 3.39. The first kappa shape index (κ1) is 17.5. The van der Waals surface area contributed by atoms with E-state index in [9.17, 15) is 0 Å². The Bertz CT molecular complexity index is 891. The van der Waals surface area contributed by atoms with Gasteiger partial charge in [-0.2, -0.15) is 4.98 Å². The number of piperazine rings is 1. The molecule has 0 N–H and O–H groups in total. The molecule has 1 aliphatic heterocycles. The van der Waals surface area contributed by atoms with Crippen LogP contribution in [0.1, 0.15) is 0 Å². The number of halogens is 2. The number of ether oxygens (including phenoxy) is 1. The van der Waals surface area contributed by atoms with E-state index in [1.807, 2.05) is 42.5 Å². The molecule has 1 aromatic heterocycles. The highest BCUT2D eigenvalue weighted by Crippen LogP contribution is 2.25. The SMILES string of the molecule is Clc1ccc2oc(N3CCN(CCOc4ccccc4Cl)CC3)nc2c1. The zero-order valence-electron chi connectivity index (χ0n) is 14.2. The molecule has 136 valence electrons. The van der Waals surface area contributed by atoms with Gasteiger partial charge in [0.1, 0.15) is 17.9 Å². The fourth-order valence-electron chi connectivity index (χ4n) is 3.03. The number of hydrogen-bond donors (Lipinski definition) is 0. The first-order valence-corrected chi connectivity index (χ1v) is 9.35. The van der Waals surface area contributed by atoms with E-state index in [4.69, 9.17) is 32.4 Å². The zero-order valence-corrected chi connectivity index (χ0v) is 15.7. The number of hydrogen-bond acceptors (Lipinski definition) is 5. The predicted molar refractivity (Wildman–Crippen MR) is 105 cm³/mol. The smallest absolute Gasteiger partial charge is 0.298 e. The lowest BCUT2D eigenvalue weighted by Crippen LogP contribution is -2.47. The quantitative estimate of drug-likeness (QED) is 0.646. The maximum absolute atomic E-state index is 6.11. The summed E-state index contributed by atoms with van der Waals surface area (Å²) in [6.45, 7) is 5.09. The van der Waals surface area contributed by atoms with Crippen LogP contribution in [0, 0.1) is 0 Å². The second-order valence-corrected chi connectivity index (χ2v) is 7.06. The third-order valence-corrected chi connectivity index (χ3v) is 5.03. The van der Waals surface area contributed by atoms with Crippen LogP contribution >= 0.6 is 23.2 Å². The van der Waals surface area contributed by atoms with E-state index >= 15 is 0 Å². The molecule has 0 aliphatic carbocycles. The number of fused-ring (bicyclic) bond motifs is 1. The second kappa shape index (κ2) is 7.74. The van der Waals surface area contributed by atoms with Gasteiger partial charge in [0.15, 0.2) is 5.58 Å². The monoisotopic (exact) mass is 391 g/mol. The number of aromatic nitrogens is 1. The number of oxazole rings is 1. The first-order valence-electron chi connectivity index (χ1n) is 8.60. The van der Waals surface area contributed by atoms with E-state index in [0.717, 1.165) is 49.6 Å². The molecule has 0 spiro atoms. The molecule has 3 aromatic rings. The van der Waals surface area contributed by atoms with Crippen LogP contribution in [-0.4, -0.2) is 49.2 Å². The first-order chi connectivity index (χ1) is 12.7. The molecular formula is C19H19Cl2N3O2. The number of rotatable bonds is 5. The molecule has 0 unspecified atom stereocenters. The molecule has 1 saturated heterocycles. The van der Waals surface area contributed by atoms with Crippen LogP contribution in [0.4, 0.5) is 6.01 Å². The third-order valence-electron chi connectivity index (χ3n) is 4.48. The van der Waals surface area contributed by atoms with Crippen molar-refractivity contribution in [3.8, 4) is 5.75 Å². The Morgan fingerprint density at radius 2 is 1.85 bits per heavy atom. The van der Waals surface area contributed by atoms with Crippen molar-refractivity contribution >= 4 is 40.3 Å². The maximum Gasteiger partial charge on any atom is 0.298 e. The second-order valence-electron chi connectivity index (χ2n) is 6.22. The molecule has 2 aromatic carbocycles. The summed E-state index contributed by atoms with van der Waals surface area (Å²) in [5.41, 5.74) is 1.56. The summed E-state index contributed by atoms with van der Waals surface area (Å²) in [4.78, 5) is 9.08. The minimum absolute atomic E-state index is 0.616. The molecule has 1 aliphatic rings. The molecule has 2 heterocycles. The van der Waals surface area contributed by atoms with Crippen LogP contribution in [0.15, 0.2) is 46.9 Å². The van der Waals surface area contributed by atoms with Crippen molar-refractivity contribution in [2.75, 3.05) is 44.2 Å². The lowest BCUT2D eigenvalue weighted by atomic mass is 10.3. The highest BCUT2D eigenvalue weighted by atomic mass is 35.5. The molecule has 0 saturated carbocycles. The van der Waals surface area contributed by atoms with Crippen molar-refractivity contribution in [3.63, 3.8) is 0 Å². The molecule has 0 radical (unpaired) electrons. The highest BCUT2D eigenvalue weighted by Gasteiger charge is 2.21. The van der Waals surface area contributed by atoms with Crippen LogP contribution < -0.4 is 9.64 Å². The predicted octanol–water partition coefficient (Wildman–Crippen LogP) is 4.34. The van der Waals surface area contributed by atoms with E-state index in [1.165, 1.54) is 0 Å². The van der Waals surface area contributed by atoms with Gasteiger partial charge < -0.3 is 14.1 Å². The van der Waals surface area contributed by atoms with E-state index in [1.54, 1.807) is 0 Å². The average molecular weight is 392 g/mol. The van der Waals surface area contributed by atoms with Crippen molar-refractivity contribution < 1.29 is 9.15 Å². The third kappa shape index (κ3) is 3.90. The van der Waals surface area contributed by atoms with E-state index in [2.05, 4.69) is 14.8 Å². The van der Waals surface area contributed by atoms with Crippen molar-refractivity contribution in [3.05, 3.63) is 52.5 Å². The van der Waals surface area contributed by atoms with Gasteiger partial charge in [-0.15, -0.1) is 0 Å². The largest absolute Gasteiger partial charge is 0.491 e. The van der Waals surface area contributed by atoms with Crippen LogP contribution in [0.3, 0.4) is 0 Å². The van der Waals surface area contributed by atoms with E-state index in [0.29, 0.717) is 22.7 Å². The van der Waals surface area contributed by atoms with Gasteiger partial charge in [0.2, 0.25) is 0 Å². The molecule has 0 bridgehead atoms. The Hall–Kier alpha value is -1.95. The number of para-hydroxylation sites is 1. The fraction of sp³-hybridized carbons (Fsp3) is 0.316. The summed E-state index contributed by atoms with van der Waals surface area (Å²) >= 11 is 12.1. The highest BCUT2D eigenvalue weighted by molar-refractivity contribution is 6.32. The Morgan fingerprint density at radius 3 is 2.65 bits per heavy atom. The van der Waals surface area contributed by atoms with Gasteiger partial charge in [-0.05, 0) is 30.3 Å². The molecule has 5 nitrogen and oxygen atoms in total. The summed E-state index contributed by atoms with van der Waals surface area (Å²) < 4.78 is 11.6. The lowest BCUT2D eigenvalue weighted by Gasteiger charge is -2.33. The molecule has 4 rings (SSSR count). The van der Waals surface area contributed by atoms with E-state index < -0.39 is 0 Å². The molecule has 26 heavy (non-hydrogen) atoms. The Morgan fingerprint density at radius 1 is 1.04 bits per heavy atom. The maximum atomic E-state index is 6.11. The Kier molecular flexibility index (Phi) is 5.20. The zero-order chi connectivity index (χ0) is 17.9. The minimum Gasteiger partial charge on any atom is -0.491 e. The molecular weight excluding hydrogens is 373 g/mol. The average Bonchev–Trinajstić information content (AvgIpc) is 3.07. The van der Waals surface area contributed by atoms with Gasteiger partial charge in [-0.1, -0.05) is 35.3 Å². The van der Waals surface area contributed by atoms with Gasteiger partial charge in [0.05, 0.1) is 5.02 Å². The van der Waals surface area contributed by atoms with Crippen molar-refractivity contribution in [2.24, 2.45) is 0 Å². The van der Waals surface area contributed by atoms with Crippen molar-refractivity contribution in [1.29, 1.82) is 0 Å². The summed E-state index contributed by atoms with van der Waals surface area (Å²) in [7, 11) is 0. The van der Waals surface area contributed by atoms with Gasteiger partial charge in [-0.3, -0.25) is 4.90 Å². The van der Waals surface area contributed by atoms with Crippen LogP contribution in [0.25, 0.3) is 11.1 Å². The summed E-state index contributed by atoms with van der Waals surface area (Å²) in [6, 6.07) is 13.7. The van der Waals surface area contributed by atoms with Crippen LogP contribution in [-0.2, 0) is 0 Å². The molecule has 0 atom stereocenters. The lowest BCUT2D eigenvalue weighted by molar-refractivity contribution is 0.198. The summed E-state index contributed by atoms with van der Waals surface area (Å²) in [5, 5.41) is 1.31. The van der Waals surface area contributed by atoms with Gasteiger partial charge in [-0.25, -0.2) is 0 Å². The summed E-state index contributed by atoms with van der Waals surface area (Å²) in [6.07, 6.45) is 0. The standard InChI is InChI=1S/C19H19Cl2N3O2/c20-14-5-6-18-16(13-14)22-19(26-18)24-9-7-23(8-10-24)11-12-25-17-4-2-1-3-15(17)21/h1-6,13H,7-12H2. The number of anilines is 1. The molecule has 1 fully saturated rings. The van der Waals surface area contributed by atoms with E-state index in [-0.39, 0.29) is 0 Å². The molecule has 7 heteroatoms. The number of nitrogens with zero attached hydrogens (tertiary/aromatic N) is 3. The Labute approximate surface area is 162 Å². The van der Waals surface area contributed by atoms with Crippen LogP contribution in [0.2, 0.25) is 10.0 Å². The minimum atomic E-state index is 0.616. The van der Waals surface area contributed by atoms with Gasteiger partial charge in [0, 0.05) is 37.7 Å². The molecule has 0 amide bonds. The number of benzene rings is 2. The van der Waals surface area contributed by atoms with Crippen LogP contribution in [0.5, 0.6) is 5.75 Å². The normalized spacial score (nSPS) is 15.5. The Balaban J connectivity index is 1.29. The van der Waals surface area contributed by atoms with Crippen molar-refractivity contribution in [2.45, 2.75) is 0 Å². The van der Waals surface area contributed by atoms with Crippen molar-refractivity contribution in [1.82, 2.24) is 9.88 Å². The summed E-state index contributed by atoms with van der Waals surface area (Å²) in [5.74, 6) is 0.734. The van der Waals surface area contributed by atoms with Gasteiger partial charge >= 0.3 is 0 Å².